The van der Waals surface area contributed by atoms with Crippen molar-refractivity contribution in [3.05, 3.63) is 0 Å². The highest BCUT2D eigenvalue weighted by Crippen LogP contribution is 2.34. The Morgan fingerprint density at radius 1 is 1.18 bits per heavy atom. The van der Waals surface area contributed by atoms with E-state index < -0.39 is 0 Å². The van der Waals surface area contributed by atoms with Gasteiger partial charge in [0.05, 0.1) is 0 Å². The van der Waals surface area contributed by atoms with Gasteiger partial charge in [0.2, 0.25) is 0 Å². The molecular formula is C15H31NS. The van der Waals surface area contributed by atoms with E-state index in [9.17, 15) is 0 Å². The molecule has 0 aromatic carbocycles. The van der Waals surface area contributed by atoms with Crippen LogP contribution in [0.3, 0.4) is 0 Å². The topological polar surface area (TPSA) is 3.24 Å². The van der Waals surface area contributed by atoms with Gasteiger partial charge in [0, 0.05) is 13.1 Å². The summed E-state index contributed by atoms with van der Waals surface area (Å²) < 4.78 is 0. The van der Waals surface area contributed by atoms with E-state index in [1.54, 1.807) is 0 Å². The van der Waals surface area contributed by atoms with Crippen LogP contribution in [0.15, 0.2) is 0 Å². The average Bonchev–Trinajstić information content (AvgIpc) is 2.77. The highest BCUT2D eigenvalue weighted by atomic mass is 32.1. The van der Waals surface area contributed by atoms with E-state index in [0.717, 1.165) is 11.7 Å². The third kappa shape index (κ3) is 4.48. The van der Waals surface area contributed by atoms with Crippen LogP contribution >= 0.6 is 12.6 Å². The fourth-order valence-electron chi connectivity index (χ4n) is 3.42. The number of thiol groups is 1. The molecule has 0 spiro atoms. The van der Waals surface area contributed by atoms with E-state index >= 15 is 0 Å². The first-order valence-corrected chi connectivity index (χ1v) is 8.16. The Kier molecular flexibility index (Phi) is 6.94. The predicted molar refractivity (Wildman–Crippen MR) is 80.9 cm³/mol. The lowest BCUT2D eigenvalue weighted by Crippen LogP contribution is -2.38. The van der Waals surface area contributed by atoms with Gasteiger partial charge in [-0.05, 0) is 42.9 Å². The maximum Gasteiger partial charge on any atom is 0.00459 e. The monoisotopic (exact) mass is 257 g/mol. The van der Waals surface area contributed by atoms with E-state index in [-0.39, 0.29) is 0 Å². The van der Waals surface area contributed by atoms with E-state index in [4.69, 9.17) is 0 Å². The molecule has 1 saturated heterocycles. The second-order valence-electron chi connectivity index (χ2n) is 5.96. The summed E-state index contributed by atoms with van der Waals surface area (Å²) in [7, 11) is 0. The molecule has 2 heteroatoms. The summed E-state index contributed by atoms with van der Waals surface area (Å²) in [6.07, 6.45) is 8.05. The lowest BCUT2D eigenvalue weighted by molar-refractivity contribution is 0.165. The second kappa shape index (κ2) is 7.68. The van der Waals surface area contributed by atoms with Gasteiger partial charge in [-0.15, -0.1) is 0 Å². The quantitative estimate of drug-likeness (QED) is 0.637. The van der Waals surface area contributed by atoms with Gasteiger partial charge in [0.1, 0.15) is 0 Å². The first-order valence-electron chi connectivity index (χ1n) is 7.53. The van der Waals surface area contributed by atoms with E-state index in [0.29, 0.717) is 5.41 Å². The van der Waals surface area contributed by atoms with Crippen molar-refractivity contribution < 1.29 is 0 Å². The summed E-state index contributed by atoms with van der Waals surface area (Å²) in [4.78, 5) is 2.70. The highest BCUT2D eigenvalue weighted by molar-refractivity contribution is 7.80. The summed E-state index contributed by atoms with van der Waals surface area (Å²) in [6.45, 7) is 10.9. The molecule has 0 aliphatic carbocycles. The van der Waals surface area contributed by atoms with Gasteiger partial charge in [-0.3, -0.25) is 0 Å². The van der Waals surface area contributed by atoms with E-state index in [1.807, 2.05) is 0 Å². The molecule has 0 bridgehead atoms. The molecule has 0 aromatic rings. The fourth-order valence-corrected chi connectivity index (χ4v) is 3.83. The summed E-state index contributed by atoms with van der Waals surface area (Å²) in [5.74, 6) is 2.01. The van der Waals surface area contributed by atoms with Crippen LogP contribution in [0.2, 0.25) is 0 Å². The van der Waals surface area contributed by atoms with Gasteiger partial charge in [-0.1, -0.05) is 40.0 Å². The van der Waals surface area contributed by atoms with Crippen LogP contribution in [0, 0.1) is 11.3 Å². The molecule has 1 unspecified atom stereocenters. The molecular weight excluding hydrogens is 226 g/mol. The van der Waals surface area contributed by atoms with Crippen molar-refractivity contribution in [1.82, 2.24) is 4.90 Å². The predicted octanol–water partition coefficient (Wildman–Crippen LogP) is 4.23. The molecule has 0 radical (unpaired) electrons. The van der Waals surface area contributed by atoms with Crippen LogP contribution in [0.5, 0.6) is 0 Å². The van der Waals surface area contributed by atoms with Crippen molar-refractivity contribution in [2.45, 2.75) is 59.3 Å². The van der Waals surface area contributed by atoms with E-state index in [1.165, 1.54) is 58.2 Å². The molecule has 1 heterocycles. The van der Waals surface area contributed by atoms with Gasteiger partial charge in [-0.2, -0.15) is 12.6 Å². The standard InChI is InChI=1S/C15H31NS/c1-4-8-15(13-17,9-5-2)12-16-10-7-14(6-3)11-16/h14,17H,4-13H2,1-3H3. The number of rotatable bonds is 8. The first-order chi connectivity index (χ1) is 8.19. The van der Waals surface area contributed by atoms with E-state index in [2.05, 4.69) is 38.3 Å². The third-order valence-electron chi connectivity index (χ3n) is 4.40. The molecule has 1 aliphatic rings. The molecule has 1 aliphatic heterocycles. The van der Waals surface area contributed by atoms with Crippen molar-refractivity contribution in [2.24, 2.45) is 11.3 Å². The van der Waals surface area contributed by atoms with Crippen molar-refractivity contribution >= 4 is 12.6 Å². The SMILES string of the molecule is CCCC(CS)(CCC)CN1CCC(CC)C1. The van der Waals surface area contributed by atoms with Gasteiger partial charge < -0.3 is 4.90 Å². The van der Waals surface area contributed by atoms with Crippen LogP contribution in [0.1, 0.15) is 59.3 Å². The van der Waals surface area contributed by atoms with Crippen LogP contribution in [-0.4, -0.2) is 30.3 Å². The van der Waals surface area contributed by atoms with Gasteiger partial charge >= 0.3 is 0 Å². The Balaban J connectivity index is 2.53. The Morgan fingerprint density at radius 3 is 2.24 bits per heavy atom. The van der Waals surface area contributed by atoms with Gasteiger partial charge in [-0.25, -0.2) is 0 Å². The molecule has 1 atom stereocenters. The largest absolute Gasteiger partial charge is 0.302 e. The molecule has 1 rings (SSSR count). The summed E-state index contributed by atoms with van der Waals surface area (Å²) in [5.41, 5.74) is 0.481. The molecule has 17 heavy (non-hydrogen) atoms. The van der Waals surface area contributed by atoms with Crippen molar-refractivity contribution in [2.75, 3.05) is 25.4 Å². The summed E-state index contributed by atoms with van der Waals surface area (Å²) in [5, 5.41) is 0. The molecule has 102 valence electrons. The number of hydrogen-bond donors (Lipinski definition) is 1. The molecule has 0 aromatic heterocycles. The minimum Gasteiger partial charge on any atom is -0.302 e. The zero-order chi connectivity index (χ0) is 12.7. The Hall–Kier alpha value is 0.310. The lowest BCUT2D eigenvalue weighted by atomic mass is 9.80. The van der Waals surface area contributed by atoms with Crippen molar-refractivity contribution in [3.8, 4) is 0 Å². The maximum atomic E-state index is 4.66. The van der Waals surface area contributed by atoms with Crippen molar-refractivity contribution in [1.29, 1.82) is 0 Å². The number of likely N-dealkylation sites (tertiary alicyclic amines) is 1. The zero-order valence-corrected chi connectivity index (χ0v) is 12.9. The number of nitrogens with zero attached hydrogens (tertiary/aromatic N) is 1. The second-order valence-corrected chi connectivity index (χ2v) is 6.27. The molecule has 0 saturated carbocycles. The Labute approximate surface area is 114 Å². The molecule has 0 amide bonds. The van der Waals surface area contributed by atoms with Crippen molar-refractivity contribution in [3.63, 3.8) is 0 Å². The minimum atomic E-state index is 0.481. The number of hydrogen-bond acceptors (Lipinski definition) is 2. The maximum absolute atomic E-state index is 4.66. The first kappa shape index (κ1) is 15.4. The van der Waals surface area contributed by atoms with Gasteiger partial charge in [0.25, 0.3) is 0 Å². The zero-order valence-electron chi connectivity index (χ0n) is 12.0. The summed E-state index contributed by atoms with van der Waals surface area (Å²) in [6, 6.07) is 0. The smallest absolute Gasteiger partial charge is 0.00459 e. The molecule has 1 fully saturated rings. The van der Waals surface area contributed by atoms with Crippen LogP contribution < -0.4 is 0 Å². The molecule has 0 N–H and O–H groups in total. The summed E-state index contributed by atoms with van der Waals surface area (Å²) >= 11 is 4.66. The Morgan fingerprint density at radius 2 is 1.82 bits per heavy atom. The minimum absolute atomic E-state index is 0.481. The van der Waals surface area contributed by atoms with Crippen LogP contribution in [0.4, 0.5) is 0 Å². The van der Waals surface area contributed by atoms with Crippen LogP contribution in [-0.2, 0) is 0 Å². The van der Waals surface area contributed by atoms with Crippen LogP contribution in [0.25, 0.3) is 0 Å². The Bertz CT molecular complexity index is 199. The average molecular weight is 257 g/mol. The fraction of sp³-hybridized carbons (Fsp3) is 1.00. The third-order valence-corrected chi connectivity index (χ3v) is 5.07. The lowest BCUT2D eigenvalue weighted by Gasteiger charge is -2.36. The van der Waals surface area contributed by atoms with Gasteiger partial charge in [0.15, 0.2) is 0 Å². The highest BCUT2D eigenvalue weighted by Gasteiger charge is 2.32. The molecule has 1 nitrogen and oxygen atoms in total. The normalized spacial score (nSPS) is 22.2.